The Morgan fingerprint density at radius 1 is 1.56 bits per heavy atom. The summed E-state index contributed by atoms with van der Waals surface area (Å²) in [5.41, 5.74) is 1.15. The van der Waals surface area contributed by atoms with E-state index in [0.29, 0.717) is 6.61 Å². The molecule has 1 aliphatic rings. The highest BCUT2D eigenvalue weighted by atomic mass is 32.1. The van der Waals surface area contributed by atoms with Crippen molar-refractivity contribution in [2.45, 2.75) is 25.3 Å². The molecule has 0 saturated heterocycles. The van der Waals surface area contributed by atoms with Gasteiger partial charge in [-0.15, -0.1) is 11.3 Å². The standard InChI is InChI=1S/C13H19NOS/c1-11(9-14-12-4-5-12)10-15-7-6-13-3-2-8-16-13/h2-3,8,12,14H,1,4-7,9-10H2. The average Bonchev–Trinajstić information content (AvgIpc) is 2.97. The Morgan fingerprint density at radius 3 is 3.12 bits per heavy atom. The zero-order chi connectivity index (χ0) is 11.2. The molecule has 1 aromatic heterocycles. The third kappa shape index (κ3) is 4.47. The Hall–Kier alpha value is -0.640. The summed E-state index contributed by atoms with van der Waals surface area (Å²) in [7, 11) is 0. The summed E-state index contributed by atoms with van der Waals surface area (Å²) >= 11 is 1.79. The lowest BCUT2D eigenvalue weighted by Gasteiger charge is -2.07. The molecule has 1 N–H and O–H groups in total. The fraction of sp³-hybridized carbons (Fsp3) is 0.538. The second-order valence-electron chi connectivity index (χ2n) is 4.29. The van der Waals surface area contributed by atoms with Crippen LogP contribution in [-0.4, -0.2) is 25.8 Å². The van der Waals surface area contributed by atoms with E-state index in [1.165, 1.54) is 17.7 Å². The van der Waals surface area contributed by atoms with Crippen LogP contribution in [0.15, 0.2) is 29.7 Å². The van der Waals surface area contributed by atoms with Gasteiger partial charge in [0.2, 0.25) is 0 Å². The van der Waals surface area contributed by atoms with Crippen LogP contribution in [0.1, 0.15) is 17.7 Å². The Kier molecular flexibility index (Phi) is 4.57. The van der Waals surface area contributed by atoms with Gasteiger partial charge in [-0.25, -0.2) is 0 Å². The van der Waals surface area contributed by atoms with Crippen molar-refractivity contribution in [2.75, 3.05) is 19.8 Å². The van der Waals surface area contributed by atoms with Gasteiger partial charge in [0.15, 0.2) is 0 Å². The largest absolute Gasteiger partial charge is 0.377 e. The van der Waals surface area contributed by atoms with Crippen molar-refractivity contribution in [1.82, 2.24) is 5.32 Å². The second-order valence-corrected chi connectivity index (χ2v) is 5.32. The number of rotatable bonds is 8. The molecule has 0 aromatic carbocycles. The van der Waals surface area contributed by atoms with E-state index in [-0.39, 0.29) is 0 Å². The molecule has 1 aliphatic carbocycles. The Balaban J connectivity index is 1.48. The summed E-state index contributed by atoms with van der Waals surface area (Å²) < 4.78 is 5.59. The minimum atomic E-state index is 0.686. The molecule has 0 radical (unpaired) electrons. The zero-order valence-electron chi connectivity index (χ0n) is 9.58. The summed E-state index contributed by atoms with van der Waals surface area (Å²) in [5.74, 6) is 0. The van der Waals surface area contributed by atoms with Crippen molar-refractivity contribution in [3.8, 4) is 0 Å². The van der Waals surface area contributed by atoms with Gasteiger partial charge in [0.05, 0.1) is 13.2 Å². The summed E-state index contributed by atoms with van der Waals surface area (Å²) in [6, 6.07) is 4.98. The van der Waals surface area contributed by atoms with E-state index >= 15 is 0 Å². The Labute approximate surface area is 101 Å². The minimum Gasteiger partial charge on any atom is -0.377 e. The van der Waals surface area contributed by atoms with E-state index in [1.807, 2.05) is 0 Å². The maximum atomic E-state index is 5.59. The normalized spacial score (nSPS) is 15.2. The van der Waals surface area contributed by atoms with E-state index < -0.39 is 0 Å². The zero-order valence-corrected chi connectivity index (χ0v) is 10.4. The molecule has 0 atom stereocenters. The number of nitrogens with one attached hydrogen (secondary N) is 1. The summed E-state index contributed by atoms with van der Waals surface area (Å²) in [6.45, 7) is 6.39. The molecule has 1 heterocycles. The van der Waals surface area contributed by atoms with Crippen LogP contribution >= 0.6 is 11.3 Å². The predicted octanol–water partition coefficient (Wildman–Crippen LogP) is 2.62. The van der Waals surface area contributed by atoms with Gasteiger partial charge in [0.1, 0.15) is 0 Å². The molecule has 1 aromatic rings. The van der Waals surface area contributed by atoms with Crippen molar-refractivity contribution in [2.24, 2.45) is 0 Å². The molecule has 0 spiro atoms. The van der Waals surface area contributed by atoms with Crippen molar-refractivity contribution < 1.29 is 4.74 Å². The fourth-order valence-electron chi connectivity index (χ4n) is 1.47. The first-order valence-corrected chi connectivity index (χ1v) is 6.73. The van der Waals surface area contributed by atoms with Gasteiger partial charge in [-0.3, -0.25) is 0 Å². The topological polar surface area (TPSA) is 21.3 Å². The predicted molar refractivity (Wildman–Crippen MR) is 69.0 cm³/mol. The molecule has 0 aliphatic heterocycles. The maximum absolute atomic E-state index is 5.59. The van der Waals surface area contributed by atoms with Crippen LogP contribution in [0.25, 0.3) is 0 Å². The Morgan fingerprint density at radius 2 is 2.44 bits per heavy atom. The third-order valence-electron chi connectivity index (χ3n) is 2.60. The van der Waals surface area contributed by atoms with Gasteiger partial charge >= 0.3 is 0 Å². The number of hydrogen-bond donors (Lipinski definition) is 1. The van der Waals surface area contributed by atoms with Crippen LogP contribution in [0.2, 0.25) is 0 Å². The van der Waals surface area contributed by atoms with E-state index in [0.717, 1.165) is 31.2 Å². The molecule has 1 fully saturated rings. The molecule has 88 valence electrons. The van der Waals surface area contributed by atoms with E-state index in [9.17, 15) is 0 Å². The van der Waals surface area contributed by atoms with Crippen molar-refractivity contribution in [3.05, 3.63) is 34.5 Å². The molecular formula is C13H19NOS. The van der Waals surface area contributed by atoms with Gasteiger partial charge in [0, 0.05) is 23.9 Å². The van der Waals surface area contributed by atoms with Gasteiger partial charge in [-0.1, -0.05) is 12.6 Å². The Bertz CT molecular complexity index is 317. The summed E-state index contributed by atoms with van der Waals surface area (Å²) in [4.78, 5) is 1.39. The van der Waals surface area contributed by atoms with Gasteiger partial charge in [-0.05, 0) is 29.9 Å². The van der Waals surface area contributed by atoms with E-state index in [1.54, 1.807) is 11.3 Å². The first kappa shape index (κ1) is 11.8. The lowest BCUT2D eigenvalue weighted by molar-refractivity contribution is 0.158. The van der Waals surface area contributed by atoms with Crippen LogP contribution < -0.4 is 5.32 Å². The van der Waals surface area contributed by atoms with Crippen molar-refractivity contribution in [3.63, 3.8) is 0 Å². The lowest BCUT2D eigenvalue weighted by Crippen LogP contribution is -2.20. The van der Waals surface area contributed by atoms with Crippen LogP contribution in [0, 0.1) is 0 Å². The van der Waals surface area contributed by atoms with Gasteiger partial charge in [-0.2, -0.15) is 0 Å². The highest BCUT2D eigenvalue weighted by Crippen LogP contribution is 2.18. The monoisotopic (exact) mass is 237 g/mol. The quantitative estimate of drug-likeness (QED) is 0.554. The number of hydrogen-bond acceptors (Lipinski definition) is 3. The minimum absolute atomic E-state index is 0.686. The molecular weight excluding hydrogens is 218 g/mol. The first-order valence-electron chi connectivity index (χ1n) is 5.85. The third-order valence-corrected chi connectivity index (χ3v) is 3.53. The lowest BCUT2D eigenvalue weighted by atomic mass is 10.3. The fourth-order valence-corrected chi connectivity index (χ4v) is 2.16. The summed E-state index contributed by atoms with van der Waals surface area (Å²) in [6.07, 6.45) is 3.67. The smallest absolute Gasteiger partial charge is 0.0686 e. The molecule has 2 rings (SSSR count). The highest BCUT2D eigenvalue weighted by Gasteiger charge is 2.19. The van der Waals surface area contributed by atoms with Crippen molar-refractivity contribution in [1.29, 1.82) is 0 Å². The molecule has 0 amide bonds. The molecule has 16 heavy (non-hydrogen) atoms. The van der Waals surface area contributed by atoms with Crippen LogP contribution in [0.5, 0.6) is 0 Å². The SMILES string of the molecule is C=C(CNC1CC1)COCCc1cccs1. The summed E-state index contributed by atoms with van der Waals surface area (Å²) in [5, 5.41) is 5.54. The second kappa shape index (κ2) is 6.18. The molecule has 0 unspecified atom stereocenters. The number of ether oxygens (including phenoxy) is 1. The highest BCUT2D eigenvalue weighted by molar-refractivity contribution is 7.09. The van der Waals surface area contributed by atoms with Crippen LogP contribution in [-0.2, 0) is 11.2 Å². The average molecular weight is 237 g/mol. The molecule has 2 nitrogen and oxygen atoms in total. The van der Waals surface area contributed by atoms with Gasteiger partial charge in [0.25, 0.3) is 0 Å². The van der Waals surface area contributed by atoms with E-state index in [2.05, 4.69) is 29.4 Å². The molecule has 0 bridgehead atoms. The van der Waals surface area contributed by atoms with Crippen molar-refractivity contribution >= 4 is 11.3 Å². The maximum Gasteiger partial charge on any atom is 0.0686 e. The van der Waals surface area contributed by atoms with Gasteiger partial charge < -0.3 is 10.1 Å². The molecule has 3 heteroatoms. The first-order chi connectivity index (χ1) is 7.84. The van der Waals surface area contributed by atoms with E-state index in [4.69, 9.17) is 4.74 Å². The molecule has 1 saturated carbocycles. The van der Waals surface area contributed by atoms with Crippen LogP contribution in [0.3, 0.4) is 0 Å². The number of thiophene rings is 1. The van der Waals surface area contributed by atoms with Crippen LogP contribution in [0.4, 0.5) is 0 Å².